The summed E-state index contributed by atoms with van der Waals surface area (Å²) < 4.78 is 14.2. The van der Waals surface area contributed by atoms with E-state index in [1.165, 1.54) is 18.2 Å². The number of ketones is 2. The average molecular weight is 315 g/mol. The molecule has 1 saturated carbocycles. The van der Waals surface area contributed by atoms with Crippen LogP contribution in [0.4, 0.5) is 4.39 Å². The first-order chi connectivity index (χ1) is 8.49. The summed E-state index contributed by atoms with van der Waals surface area (Å²) in [6, 6.07) is 4.04. The van der Waals surface area contributed by atoms with E-state index in [9.17, 15) is 19.1 Å². The maximum atomic E-state index is 13.6. The fourth-order valence-electron chi connectivity index (χ4n) is 2.13. The van der Waals surface area contributed by atoms with Crippen molar-refractivity contribution in [2.45, 2.75) is 25.4 Å². The fourth-order valence-corrected chi connectivity index (χ4v) is 2.49. The Bertz CT molecular complexity index is 501. The highest BCUT2D eigenvalue weighted by Gasteiger charge is 2.34. The molecule has 0 aliphatic heterocycles. The van der Waals surface area contributed by atoms with Gasteiger partial charge in [0.1, 0.15) is 11.6 Å². The third-order valence-electron chi connectivity index (χ3n) is 3.13. The second-order valence-electron chi connectivity index (χ2n) is 4.44. The summed E-state index contributed by atoms with van der Waals surface area (Å²) in [6.45, 7) is 0. The van der Waals surface area contributed by atoms with Crippen molar-refractivity contribution in [3.63, 3.8) is 0 Å². The van der Waals surface area contributed by atoms with Crippen LogP contribution in [-0.4, -0.2) is 22.8 Å². The van der Waals surface area contributed by atoms with E-state index in [1.54, 1.807) is 0 Å². The number of carbonyl (C=O) groups is 2. The van der Waals surface area contributed by atoms with Crippen molar-refractivity contribution in [2.75, 3.05) is 0 Å². The minimum absolute atomic E-state index is 0.0869. The van der Waals surface area contributed by atoms with Gasteiger partial charge in [-0.1, -0.05) is 15.9 Å². The third-order valence-corrected chi connectivity index (χ3v) is 3.62. The highest BCUT2D eigenvalue weighted by Crippen LogP contribution is 2.27. The summed E-state index contributed by atoms with van der Waals surface area (Å²) in [5.41, 5.74) is -0.100. The number of hydrogen-bond donors (Lipinski definition) is 1. The molecule has 0 saturated heterocycles. The summed E-state index contributed by atoms with van der Waals surface area (Å²) >= 11 is 3.16. The van der Waals surface area contributed by atoms with E-state index < -0.39 is 23.6 Å². The quantitative estimate of drug-likeness (QED) is 0.674. The molecule has 2 rings (SSSR count). The minimum Gasteiger partial charge on any atom is -0.393 e. The topological polar surface area (TPSA) is 54.4 Å². The number of aliphatic hydroxyl groups is 1. The predicted molar refractivity (Wildman–Crippen MR) is 66.8 cm³/mol. The molecule has 1 aliphatic rings. The number of aliphatic hydroxyl groups excluding tert-OH is 1. The van der Waals surface area contributed by atoms with E-state index in [1.807, 2.05) is 0 Å². The highest BCUT2D eigenvalue weighted by molar-refractivity contribution is 9.10. The Morgan fingerprint density at radius 3 is 2.89 bits per heavy atom. The van der Waals surface area contributed by atoms with Crippen LogP contribution in [0, 0.1) is 11.7 Å². The molecule has 2 atom stereocenters. The maximum absolute atomic E-state index is 13.6. The van der Waals surface area contributed by atoms with Crippen molar-refractivity contribution >= 4 is 27.5 Å². The van der Waals surface area contributed by atoms with Gasteiger partial charge in [-0.2, -0.15) is 0 Å². The Hall–Kier alpha value is -1.07. The Kier molecular flexibility index (Phi) is 3.92. The molecular weight excluding hydrogens is 303 g/mol. The van der Waals surface area contributed by atoms with E-state index in [0.29, 0.717) is 10.9 Å². The molecule has 1 fully saturated rings. The van der Waals surface area contributed by atoms with Gasteiger partial charge in [-0.3, -0.25) is 9.59 Å². The number of carbonyl (C=O) groups excluding carboxylic acids is 2. The number of benzene rings is 1. The zero-order valence-electron chi connectivity index (χ0n) is 9.53. The van der Waals surface area contributed by atoms with Gasteiger partial charge in [0, 0.05) is 10.9 Å². The lowest BCUT2D eigenvalue weighted by molar-refractivity contribution is -0.125. The molecule has 0 aromatic heterocycles. The average Bonchev–Trinajstić information content (AvgIpc) is 2.34. The third kappa shape index (κ3) is 2.67. The van der Waals surface area contributed by atoms with Crippen LogP contribution in [0.15, 0.2) is 22.7 Å². The molecule has 96 valence electrons. The van der Waals surface area contributed by atoms with Gasteiger partial charge in [0.2, 0.25) is 0 Å². The maximum Gasteiger partial charge on any atom is 0.176 e. The Labute approximate surface area is 112 Å². The Balaban J connectivity index is 2.30. The van der Waals surface area contributed by atoms with Crippen LogP contribution in [-0.2, 0) is 4.79 Å². The van der Waals surface area contributed by atoms with Crippen molar-refractivity contribution in [3.8, 4) is 0 Å². The van der Waals surface area contributed by atoms with E-state index in [0.717, 1.165) is 0 Å². The molecule has 18 heavy (non-hydrogen) atoms. The molecule has 5 heteroatoms. The van der Waals surface area contributed by atoms with Crippen LogP contribution < -0.4 is 0 Å². The summed E-state index contributed by atoms with van der Waals surface area (Å²) in [7, 11) is 0. The molecule has 1 N–H and O–H groups in total. The minimum atomic E-state index is -0.919. The molecule has 1 aromatic rings. The number of halogens is 2. The summed E-state index contributed by atoms with van der Waals surface area (Å²) in [4.78, 5) is 23.8. The van der Waals surface area contributed by atoms with Crippen LogP contribution in [0.25, 0.3) is 0 Å². The normalized spacial score (nSPS) is 24.1. The van der Waals surface area contributed by atoms with Crippen LogP contribution >= 0.6 is 15.9 Å². The zero-order valence-corrected chi connectivity index (χ0v) is 11.1. The predicted octanol–water partition coefficient (Wildman–Crippen LogP) is 2.50. The first-order valence-electron chi connectivity index (χ1n) is 5.69. The molecule has 0 amide bonds. The SMILES string of the molecule is O=C1CCC(O)CC1C(=O)c1cc(Br)ccc1F. The lowest BCUT2D eigenvalue weighted by Gasteiger charge is -2.23. The lowest BCUT2D eigenvalue weighted by atomic mass is 9.81. The van der Waals surface area contributed by atoms with Crippen LogP contribution in [0.2, 0.25) is 0 Å². The van der Waals surface area contributed by atoms with Crippen LogP contribution in [0.3, 0.4) is 0 Å². The van der Waals surface area contributed by atoms with Gasteiger partial charge in [0.05, 0.1) is 17.6 Å². The Morgan fingerprint density at radius 1 is 1.44 bits per heavy atom. The highest BCUT2D eigenvalue weighted by atomic mass is 79.9. The molecule has 2 unspecified atom stereocenters. The smallest absolute Gasteiger partial charge is 0.176 e. The van der Waals surface area contributed by atoms with E-state index in [2.05, 4.69) is 15.9 Å². The van der Waals surface area contributed by atoms with Crippen molar-refractivity contribution in [3.05, 3.63) is 34.1 Å². The molecule has 0 spiro atoms. The first kappa shape index (κ1) is 13.4. The largest absolute Gasteiger partial charge is 0.393 e. The molecule has 1 aliphatic carbocycles. The summed E-state index contributed by atoms with van der Waals surface area (Å²) in [5, 5.41) is 9.51. The van der Waals surface area contributed by atoms with E-state index in [4.69, 9.17) is 0 Å². The summed E-state index contributed by atoms with van der Waals surface area (Å²) in [6.07, 6.45) is -0.0210. The van der Waals surface area contributed by atoms with Crippen molar-refractivity contribution in [2.24, 2.45) is 5.92 Å². The zero-order chi connectivity index (χ0) is 13.3. The fraction of sp³-hybridized carbons (Fsp3) is 0.385. The second kappa shape index (κ2) is 5.28. The molecule has 1 aromatic carbocycles. The number of rotatable bonds is 2. The number of Topliss-reactive ketones (excluding diaryl/α,β-unsaturated/α-hetero) is 2. The van der Waals surface area contributed by atoms with Crippen molar-refractivity contribution in [1.82, 2.24) is 0 Å². The lowest BCUT2D eigenvalue weighted by Crippen LogP contribution is -2.33. The Morgan fingerprint density at radius 2 is 2.17 bits per heavy atom. The van der Waals surface area contributed by atoms with Gasteiger partial charge in [-0.15, -0.1) is 0 Å². The van der Waals surface area contributed by atoms with Gasteiger partial charge < -0.3 is 5.11 Å². The summed E-state index contributed by atoms with van der Waals surface area (Å²) in [5.74, 6) is -2.32. The molecule has 0 heterocycles. The van der Waals surface area contributed by atoms with Crippen molar-refractivity contribution < 1.29 is 19.1 Å². The first-order valence-corrected chi connectivity index (χ1v) is 6.48. The molecular formula is C13H12BrFO3. The monoisotopic (exact) mass is 314 g/mol. The molecule has 3 nitrogen and oxygen atoms in total. The van der Waals surface area contributed by atoms with E-state index in [-0.39, 0.29) is 24.2 Å². The standard InChI is InChI=1S/C13H12BrFO3/c14-7-1-3-11(15)9(5-7)13(18)10-6-8(16)2-4-12(10)17/h1,3,5,8,10,16H,2,4,6H2. The number of hydrogen-bond acceptors (Lipinski definition) is 3. The van der Waals surface area contributed by atoms with Gasteiger partial charge >= 0.3 is 0 Å². The van der Waals surface area contributed by atoms with Crippen LogP contribution in [0.5, 0.6) is 0 Å². The van der Waals surface area contributed by atoms with Gasteiger partial charge in [0.25, 0.3) is 0 Å². The van der Waals surface area contributed by atoms with Crippen molar-refractivity contribution in [1.29, 1.82) is 0 Å². The molecule has 0 bridgehead atoms. The van der Waals surface area contributed by atoms with Crippen LogP contribution in [0.1, 0.15) is 29.6 Å². The molecule has 0 radical (unpaired) electrons. The van der Waals surface area contributed by atoms with Gasteiger partial charge in [-0.05, 0) is 31.0 Å². The van der Waals surface area contributed by atoms with Gasteiger partial charge in [0.15, 0.2) is 5.78 Å². The van der Waals surface area contributed by atoms with Gasteiger partial charge in [-0.25, -0.2) is 4.39 Å². The second-order valence-corrected chi connectivity index (χ2v) is 5.35. The van der Waals surface area contributed by atoms with E-state index >= 15 is 0 Å².